The normalized spacial score (nSPS) is 12.6. The van der Waals surface area contributed by atoms with E-state index in [9.17, 15) is 4.79 Å². The smallest absolute Gasteiger partial charge is 0.252 e. The number of benzene rings is 1. The van der Waals surface area contributed by atoms with Crippen molar-refractivity contribution in [2.24, 2.45) is 0 Å². The molecular weight excluding hydrogens is 246 g/mol. The van der Waals surface area contributed by atoms with Crippen molar-refractivity contribution in [1.82, 2.24) is 5.32 Å². The molecule has 0 aliphatic heterocycles. The summed E-state index contributed by atoms with van der Waals surface area (Å²) in [4.78, 5) is 12.2. The summed E-state index contributed by atoms with van der Waals surface area (Å²) < 4.78 is 1.12. The number of nitrogens with one attached hydrogen (secondary N) is 1. The van der Waals surface area contributed by atoms with Gasteiger partial charge in [0.25, 0.3) is 5.91 Å². The second-order valence-corrected chi connectivity index (χ2v) is 5.15. The predicted molar refractivity (Wildman–Crippen MR) is 75.1 cm³/mol. The topological polar surface area (TPSA) is 49.3 Å². The first-order valence-corrected chi connectivity index (χ1v) is 7.02. The standard InChI is InChI=1S/C14H17NO2S/c1-2-10(7-8-16)15-14(17)12-9-18-13-6-4-3-5-11(12)13/h3-6,9-10,16H,2,7-8H2,1H3,(H,15,17). The minimum atomic E-state index is -0.0484. The van der Waals surface area contributed by atoms with Gasteiger partial charge in [-0.2, -0.15) is 0 Å². The van der Waals surface area contributed by atoms with E-state index < -0.39 is 0 Å². The van der Waals surface area contributed by atoms with Gasteiger partial charge in [-0.15, -0.1) is 11.3 Å². The van der Waals surface area contributed by atoms with E-state index >= 15 is 0 Å². The van der Waals surface area contributed by atoms with Gasteiger partial charge in [-0.1, -0.05) is 25.1 Å². The fraction of sp³-hybridized carbons (Fsp3) is 0.357. The van der Waals surface area contributed by atoms with Gasteiger partial charge in [0.1, 0.15) is 0 Å². The number of aliphatic hydroxyl groups is 1. The van der Waals surface area contributed by atoms with Crippen LogP contribution in [0.1, 0.15) is 30.1 Å². The number of amides is 1. The Morgan fingerprint density at radius 2 is 2.22 bits per heavy atom. The summed E-state index contributed by atoms with van der Waals surface area (Å²) >= 11 is 1.58. The fourth-order valence-corrected chi connectivity index (χ4v) is 2.89. The summed E-state index contributed by atoms with van der Waals surface area (Å²) in [6, 6.07) is 7.94. The molecule has 1 aromatic carbocycles. The Morgan fingerprint density at radius 3 is 2.94 bits per heavy atom. The number of hydrogen-bond donors (Lipinski definition) is 2. The van der Waals surface area contributed by atoms with Crippen molar-refractivity contribution in [3.05, 3.63) is 35.2 Å². The third kappa shape index (κ3) is 2.71. The largest absolute Gasteiger partial charge is 0.396 e. The van der Waals surface area contributed by atoms with Crippen LogP contribution in [0.3, 0.4) is 0 Å². The molecule has 1 heterocycles. The average Bonchev–Trinajstić information content (AvgIpc) is 2.82. The number of fused-ring (bicyclic) bond motifs is 1. The molecule has 96 valence electrons. The van der Waals surface area contributed by atoms with Crippen LogP contribution in [0.4, 0.5) is 0 Å². The summed E-state index contributed by atoms with van der Waals surface area (Å²) in [6.45, 7) is 2.11. The monoisotopic (exact) mass is 263 g/mol. The van der Waals surface area contributed by atoms with E-state index in [0.29, 0.717) is 6.42 Å². The van der Waals surface area contributed by atoms with Crippen LogP contribution < -0.4 is 5.32 Å². The second-order valence-electron chi connectivity index (χ2n) is 4.24. The molecule has 1 amide bonds. The summed E-state index contributed by atoms with van der Waals surface area (Å²) in [6.07, 6.45) is 1.43. The minimum absolute atomic E-state index is 0.0427. The van der Waals surface area contributed by atoms with Gasteiger partial charge in [-0.3, -0.25) is 4.79 Å². The second kappa shape index (κ2) is 5.98. The van der Waals surface area contributed by atoms with Crippen LogP contribution in [0.2, 0.25) is 0 Å². The van der Waals surface area contributed by atoms with Crippen LogP contribution in [-0.4, -0.2) is 23.7 Å². The molecule has 1 unspecified atom stereocenters. The number of thiophene rings is 1. The molecule has 0 spiro atoms. The highest BCUT2D eigenvalue weighted by atomic mass is 32.1. The van der Waals surface area contributed by atoms with E-state index in [2.05, 4.69) is 5.32 Å². The molecule has 3 nitrogen and oxygen atoms in total. The Bertz CT molecular complexity index is 535. The zero-order chi connectivity index (χ0) is 13.0. The molecule has 0 saturated heterocycles. The van der Waals surface area contributed by atoms with Gasteiger partial charge in [0.15, 0.2) is 0 Å². The van der Waals surface area contributed by atoms with Gasteiger partial charge in [-0.25, -0.2) is 0 Å². The zero-order valence-electron chi connectivity index (χ0n) is 10.3. The number of carbonyl (C=O) groups excluding carboxylic acids is 1. The van der Waals surface area contributed by atoms with Crippen LogP contribution in [0.25, 0.3) is 10.1 Å². The Labute approximate surface area is 110 Å². The third-order valence-corrected chi connectivity index (χ3v) is 3.99. The molecule has 2 N–H and O–H groups in total. The van der Waals surface area contributed by atoms with Gasteiger partial charge in [-0.05, 0) is 18.9 Å². The van der Waals surface area contributed by atoms with Gasteiger partial charge in [0.2, 0.25) is 0 Å². The predicted octanol–water partition coefficient (Wildman–Crippen LogP) is 2.79. The number of hydrogen-bond acceptors (Lipinski definition) is 3. The Kier molecular flexibility index (Phi) is 4.33. The Morgan fingerprint density at radius 1 is 1.44 bits per heavy atom. The molecule has 0 saturated carbocycles. The lowest BCUT2D eigenvalue weighted by Gasteiger charge is -2.15. The number of rotatable bonds is 5. The van der Waals surface area contributed by atoms with Crippen LogP contribution in [-0.2, 0) is 0 Å². The Hall–Kier alpha value is -1.39. The molecule has 4 heteroatoms. The lowest BCUT2D eigenvalue weighted by molar-refractivity contribution is 0.0931. The molecule has 0 aliphatic carbocycles. The molecule has 0 bridgehead atoms. The Balaban J connectivity index is 2.18. The van der Waals surface area contributed by atoms with Crippen LogP contribution in [0, 0.1) is 0 Å². The lowest BCUT2D eigenvalue weighted by atomic mass is 10.1. The van der Waals surface area contributed by atoms with Gasteiger partial charge in [0, 0.05) is 28.1 Å². The van der Waals surface area contributed by atoms with Gasteiger partial charge >= 0.3 is 0 Å². The number of carbonyl (C=O) groups is 1. The van der Waals surface area contributed by atoms with E-state index in [1.807, 2.05) is 36.6 Å². The van der Waals surface area contributed by atoms with Crippen molar-refractivity contribution >= 4 is 27.3 Å². The maximum atomic E-state index is 12.2. The zero-order valence-corrected chi connectivity index (χ0v) is 11.2. The van der Waals surface area contributed by atoms with Crippen molar-refractivity contribution in [3.63, 3.8) is 0 Å². The molecule has 2 aromatic rings. The van der Waals surface area contributed by atoms with E-state index in [1.165, 1.54) is 0 Å². The molecule has 1 aromatic heterocycles. The minimum Gasteiger partial charge on any atom is -0.396 e. The maximum Gasteiger partial charge on any atom is 0.252 e. The number of aliphatic hydroxyl groups excluding tert-OH is 1. The highest BCUT2D eigenvalue weighted by Crippen LogP contribution is 2.25. The fourth-order valence-electron chi connectivity index (χ4n) is 1.95. The first kappa shape index (κ1) is 13.1. The van der Waals surface area contributed by atoms with Crippen molar-refractivity contribution in [2.75, 3.05) is 6.61 Å². The van der Waals surface area contributed by atoms with Crippen LogP contribution >= 0.6 is 11.3 Å². The van der Waals surface area contributed by atoms with Crippen LogP contribution in [0.5, 0.6) is 0 Å². The molecule has 2 rings (SSSR count). The molecular formula is C14H17NO2S. The summed E-state index contributed by atoms with van der Waals surface area (Å²) in [5.41, 5.74) is 0.729. The highest BCUT2D eigenvalue weighted by molar-refractivity contribution is 7.17. The lowest BCUT2D eigenvalue weighted by Crippen LogP contribution is -2.34. The maximum absolute atomic E-state index is 12.2. The summed E-state index contributed by atoms with van der Waals surface area (Å²) in [5, 5.41) is 14.8. The van der Waals surface area contributed by atoms with Crippen molar-refractivity contribution in [2.45, 2.75) is 25.8 Å². The summed E-state index contributed by atoms with van der Waals surface area (Å²) in [7, 11) is 0. The van der Waals surface area contributed by atoms with Crippen molar-refractivity contribution in [1.29, 1.82) is 0 Å². The molecule has 0 fully saturated rings. The first-order chi connectivity index (χ1) is 8.76. The SMILES string of the molecule is CCC(CCO)NC(=O)c1csc2ccccc12. The van der Waals surface area contributed by atoms with Crippen molar-refractivity contribution < 1.29 is 9.90 Å². The first-order valence-electron chi connectivity index (χ1n) is 6.14. The summed E-state index contributed by atoms with van der Waals surface area (Å²) in [5.74, 6) is -0.0484. The van der Waals surface area contributed by atoms with Crippen molar-refractivity contribution in [3.8, 4) is 0 Å². The third-order valence-electron chi connectivity index (χ3n) is 3.03. The molecule has 1 atom stereocenters. The van der Waals surface area contributed by atoms with Gasteiger partial charge in [0.05, 0.1) is 5.56 Å². The van der Waals surface area contributed by atoms with E-state index in [1.54, 1.807) is 11.3 Å². The molecule has 0 radical (unpaired) electrons. The van der Waals surface area contributed by atoms with E-state index in [4.69, 9.17) is 5.11 Å². The van der Waals surface area contributed by atoms with E-state index in [0.717, 1.165) is 22.1 Å². The van der Waals surface area contributed by atoms with E-state index in [-0.39, 0.29) is 18.6 Å². The average molecular weight is 263 g/mol. The quantitative estimate of drug-likeness (QED) is 0.871. The highest BCUT2D eigenvalue weighted by Gasteiger charge is 2.15. The molecule has 18 heavy (non-hydrogen) atoms. The van der Waals surface area contributed by atoms with Gasteiger partial charge < -0.3 is 10.4 Å². The van der Waals surface area contributed by atoms with Crippen LogP contribution in [0.15, 0.2) is 29.6 Å². The molecule has 0 aliphatic rings.